The van der Waals surface area contributed by atoms with Gasteiger partial charge in [-0.05, 0) is 5.53 Å². The molecule has 1 rings (SSSR count). The van der Waals surface area contributed by atoms with Gasteiger partial charge in [-0.2, -0.15) is 0 Å². The van der Waals surface area contributed by atoms with E-state index in [1.54, 1.807) is 0 Å². The van der Waals surface area contributed by atoms with E-state index < -0.39 is 11.6 Å². The molecule has 6 heteroatoms. The minimum atomic E-state index is -0.705. The van der Waals surface area contributed by atoms with Crippen molar-refractivity contribution in [3.05, 3.63) is 40.3 Å². The molecular weight excluding hydrogens is 192 g/mol. The molecule has 0 N–H and O–H groups in total. The smallest absolute Gasteiger partial charge is 0.129 e. The highest BCUT2D eigenvalue weighted by molar-refractivity contribution is 5.23. The number of hydrogen-bond acceptors (Lipinski definition) is 2. The fourth-order valence-electron chi connectivity index (χ4n) is 0.861. The molecule has 0 spiro atoms. The number of hydrogen-bond donors (Lipinski definition) is 0. The Morgan fingerprint density at radius 3 is 2.50 bits per heavy atom. The van der Waals surface area contributed by atoms with E-state index in [4.69, 9.17) is 10.3 Å². The van der Waals surface area contributed by atoms with Crippen molar-refractivity contribution in [1.82, 2.24) is 0 Å². The molecule has 0 bridgehead atoms. The van der Waals surface area contributed by atoms with Gasteiger partial charge >= 0.3 is 0 Å². The number of benzene rings is 1. The average molecular weight is 199 g/mol. The molecule has 0 aliphatic carbocycles. The highest BCUT2D eigenvalue weighted by Gasteiger charge is 2.00. The van der Waals surface area contributed by atoms with Gasteiger partial charge in [0.05, 0.1) is 13.2 Å². The summed E-state index contributed by atoms with van der Waals surface area (Å²) in [6, 6.07) is 2.86. The molecule has 0 saturated heterocycles. The number of nitrogens with zero attached hydrogens (tertiary/aromatic N) is 3. The van der Waals surface area contributed by atoms with Gasteiger partial charge in [0.1, 0.15) is 17.4 Å². The van der Waals surface area contributed by atoms with E-state index in [2.05, 4.69) is 10.0 Å². The fraction of sp³-hybridized carbons (Fsp3) is 0.250. The van der Waals surface area contributed by atoms with Crippen molar-refractivity contribution in [3.8, 4) is 5.75 Å². The first-order chi connectivity index (χ1) is 6.72. The van der Waals surface area contributed by atoms with Crippen LogP contribution in [0.2, 0.25) is 0 Å². The third-order valence-corrected chi connectivity index (χ3v) is 1.36. The minimum Gasteiger partial charge on any atom is -0.493 e. The fourth-order valence-corrected chi connectivity index (χ4v) is 0.861. The van der Waals surface area contributed by atoms with Gasteiger partial charge in [-0.3, -0.25) is 0 Å². The van der Waals surface area contributed by atoms with E-state index in [1.807, 2.05) is 0 Å². The van der Waals surface area contributed by atoms with Crippen LogP contribution >= 0.6 is 0 Å². The van der Waals surface area contributed by atoms with Crippen molar-refractivity contribution in [2.24, 2.45) is 5.11 Å². The van der Waals surface area contributed by atoms with Crippen LogP contribution in [-0.2, 0) is 0 Å². The maximum atomic E-state index is 12.6. The third kappa shape index (κ3) is 3.28. The predicted molar refractivity (Wildman–Crippen MR) is 45.9 cm³/mol. The van der Waals surface area contributed by atoms with Crippen LogP contribution in [0.5, 0.6) is 5.75 Å². The molecular formula is C8H7F2N3O. The minimum absolute atomic E-state index is 0.0793. The van der Waals surface area contributed by atoms with E-state index in [0.717, 1.165) is 18.2 Å². The summed E-state index contributed by atoms with van der Waals surface area (Å²) in [4.78, 5) is 2.50. The first kappa shape index (κ1) is 10.3. The van der Waals surface area contributed by atoms with Crippen LogP contribution in [0, 0.1) is 11.6 Å². The monoisotopic (exact) mass is 199 g/mol. The lowest BCUT2D eigenvalue weighted by molar-refractivity contribution is 0.324. The maximum Gasteiger partial charge on any atom is 0.129 e. The Hall–Kier alpha value is -1.81. The van der Waals surface area contributed by atoms with Gasteiger partial charge < -0.3 is 4.74 Å². The molecule has 0 aliphatic heterocycles. The van der Waals surface area contributed by atoms with Crippen LogP contribution in [0.4, 0.5) is 8.78 Å². The third-order valence-electron chi connectivity index (χ3n) is 1.36. The number of rotatable bonds is 4. The highest BCUT2D eigenvalue weighted by Crippen LogP contribution is 2.14. The second kappa shape index (κ2) is 5.04. The van der Waals surface area contributed by atoms with Gasteiger partial charge in [-0.25, -0.2) is 8.78 Å². The summed E-state index contributed by atoms with van der Waals surface area (Å²) >= 11 is 0. The van der Waals surface area contributed by atoms with E-state index in [0.29, 0.717) is 0 Å². The standard InChI is InChI=1S/C8H7F2N3O/c9-6-3-7(10)5-8(4-6)14-2-1-12-13-11/h3-5H,1-2H2. The second-order valence-electron chi connectivity index (χ2n) is 2.41. The summed E-state index contributed by atoms with van der Waals surface area (Å²) < 4.78 is 30.1. The topological polar surface area (TPSA) is 58.0 Å². The molecule has 0 heterocycles. The van der Waals surface area contributed by atoms with Crippen LogP contribution in [-0.4, -0.2) is 13.2 Å². The SMILES string of the molecule is [N-]=[N+]=NCCOc1cc(F)cc(F)c1. The Morgan fingerprint density at radius 1 is 1.29 bits per heavy atom. The second-order valence-corrected chi connectivity index (χ2v) is 2.41. The van der Waals surface area contributed by atoms with Crippen LogP contribution < -0.4 is 4.74 Å². The lowest BCUT2D eigenvalue weighted by Gasteiger charge is -2.03. The molecule has 0 amide bonds. The average Bonchev–Trinajstić information content (AvgIpc) is 2.11. The lowest BCUT2D eigenvalue weighted by atomic mass is 10.3. The molecule has 1 aromatic rings. The summed E-state index contributed by atoms with van der Waals surface area (Å²) in [7, 11) is 0. The van der Waals surface area contributed by atoms with E-state index in [1.165, 1.54) is 0 Å². The van der Waals surface area contributed by atoms with Crippen molar-refractivity contribution in [1.29, 1.82) is 0 Å². The molecule has 0 saturated carbocycles. The van der Waals surface area contributed by atoms with E-state index in [-0.39, 0.29) is 18.9 Å². The van der Waals surface area contributed by atoms with Crippen molar-refractivity contribution in [2.45, 2.75) is 0 Å². The van der Waals surface area contributed by atoms with Crippen molar-refractivity contribution < 1.29 is 13.5 Å². The van der Waals surface area contributed by atoms with Gasteiger partial charge in [-0.15, -0.1) is 0 Å². The van der Waals surface area contributed by atoms with Gasteiger partial charge in [0.15, 0.2) is 0 Å². The Bertz CT molecular complexity index is 343. The van der Waals surface area contributed by atoms with Crippen molar-refractivity contribution >= 4 is 0 Å². The molecule has 0 aliphatic rings. The summed E-state index contributed by atoms with van der Waals surface area (Å²) in [6.45, 7) is 0.210. The normalized spacial score (nSPS) is 9.29. The molecule has 0 fully saturated rings. The number of halogens is 2. The molecule has 0 atom stereocenters. The van der Waals surface area contributed by atoms with Crippen LogP contribution in [0.25, 0.3) is 10.4 Å². The Kier molecular flexibility index (Phi) is 3.69. The summed E-state index contributed by atoms with van der Waals surface area (Å²) in [6.07, 6.45) is 0. The molecule has 4 nitrogen and oxygen atoms in total. The molecule has 0 radical (unpaired) electrons. The number of ether oxygens (including phenoxy) is 1. The van der Waals surface area contributed by atoms with Crippen molar-refractivity contribution in [2.75, 3.05) is 13.2 Å². The Balaban J connectivity index is 2.54. The molecule has 14 heavy (non-hydrogen) atoms. The largest absolute Gasteiger partial charge is 0.493 e. The van der Waals surface area contributed by atoms with E-state index in [9.17, 15) is 8.78 Å². The zero-order chi connectivity index (χ0) is 10.4. The van der Waals surface area contributed by atoms with Crippen LogP contribution in [0.15, 0.2) is 23.3 Å². The van der Waals surface area contributed by atoms with Crippen molar-refractivity contribution in [3.63, 3.8) is 0 Å². The van der Waals surface area contributed by atoms with Gasteiger partial charge in [-0.1, -0.05) is 5.11 Å². The van der Waals surface area contributed by atoms with Gasteiger partial charge in [0.2, 0.25) is 0 Å². The van der Waals surface area contributed by atoms with Crippen LogP contribution in [0.1, 0.15) is 0 Å². The Morgan fingerprint density at radius 2 is 1.93 bits per heavy atom. The zero-order valence-electron chi connectivity index (χ0n) is 7.15. The van der Waals surface area contributed by atoms with E-state index >= 15 is 0 Å². The molecule has 0 aromatic heterocycles. The zero-order valence-corrected chi connectivity index (χ0v) is 7.15. The highest BCUT2D eigenvalue weighted by atomic mass is 19.1. The first-order valence-electron chi connectivity index (χ1n) is 3.82. The quantitative estimate of drug-likeness (QED) is 0.318. The maximum absolute atomic E-state index is 12.6. The summed E-state index contributed by atoms with van der Waals surface area (Å²) in [5, 5.41) is 3.20. The summed E-state index contributed by atoms with van der Waals surface area (Å²) in [5.74, 6) is -1.33. The van der Waals surface area contributed by atoms with Gasteiger partial charge in [0.25, 0.3) is 0 Å². The lowest BCUT2D eigenvalue weighted by Crippen LogP contribution is -2.00. The molecule has 74 valence electrons. The van der Waals surface area contributed by atoms with Crippen LogP contribution in [0.3, 0.4) is 0 Å². The Labute approximate surface area is 78.7 Å². The number of azide groups is 1. The predicted octanol–water partition coefficient (Wildman–Crippen LogP) is 2.65. The molecule has 1 aromatic carbocycles. The first-order valence-corrected chi connectivity index (χ1v) is 3.82. The molecule has 0 unspecified atom stereocenters. The summed E-state index contributed by atoms with van der Waals surface area (Å²) in [5.41, 5.74) is 7.93. The van der Waals surface area contributed by atoms with Gasteiger partial charge in [0, 0.05) is 23.1 Å².